The highest BCUT2D eigenvalue weighted by molar-refractivity contribution is 6.18. The molecule has 1 rings (SSSR count). The van der Waals surface area contributed by atoms with Crippen LogP contribution in [0.2, 0.25) is 0 Å². The van der Waals surface area contributed by atoms with Crippen LogP contribution in [0.5, 0.6) is 0 Å². The third-order valence-electron chi connectivity index (χ3n) is 3.21. The Kier molecular flexibility index (Phi) is 5.86. The molecule has 1 atom stereocenters. The summed E-state index contributed by atoms with van der Waals surface area (Å²) in [5, 5.41) is 0. The van der Waals surface area contributed by atoms with Crippen LogP contribution in [0, 0.1) is 5.41 Å². The predicted octanol–water partition coefficient (Wildman–Crippen LogP) is 4.16. The molecule has 0 aromatic heterocycles. The van der Waals surface area contributed by atoms with Gasteiger partial charge in [0.25, 0.3) is 0 Å². The number of carbonyl (C=O) groups excluding carboxylic acids is 1. The zero-order valence-corrected chi connectivity index (χ0v) is 13.0. The van der Waals surface area contributed by atoms with E-state index >= 15 is 0 Å². The van der Waals surface area contributed by atoms with E-state index in [4.69, 9.17) is 16.3 Å². The average Bonchev–Trinajstić information content (AvgIpc) is 2.44. The first-order chi connectivity index (χ1) is 8.89. The van der Waals surface area contributed by atoms with Crippen molar-refractivity contribution in [2.24, 2.45) is 5.41 Å². The van der Waals surface area contributed by atoms with E-state index in [1.54, 1.807) is 0 Å². The number of halogens is 1. The quantitative estimate of drug-likeness (QED) is 0.578. The molecule has 0 N–H and O–H groups in total. The lowest BCUT2D eigenvalue weighted by Crippen LogP contribution is -2.25. The molecular formula is C16H23ClO2. The molecule has 0 saturated heterocycles. The first-order valence-electron chi connectivity index (χ1n) is 6.71. The monoisotopic (exact) mass is 282 g/mol. The molecule has 0 fully saturated rings. The van der Waals surface area contributed by atoms with E-state index in [1.165, 1.54) is 5.56 Å². The van der Waals surface area contributed by atoms with E-state index in [0.29, 0.717) is 12.5 Å². The summed E-state index contributed by atoms with van der Waals surface area (Å²) in [5.74, 6) is 0.0410. The number of carbonyl (C=O) groups is 1. The maximum Gasteiger partial charge on any atom is 0.313 e. The van der Waals surface area contributed by atoms with Crippen molar-refractivity contribution in [1.29, 1.82) is 0 Å². The summed E-state index contributed by atoms with van der Waals surface area (Å²) in [6.07, 6.45) is 1.00. The number of alkyl halides is 1. The summed E-state index contributed by atoms with van der Waals surface area (Å²) in [6.45, 7) is 8.30. The van der Waals surface area contributed by atoms with E-state index < -0.39 is 0 Å². The van der Waals surface area contributed by atoms with Gasteiger partial charge in [-0.25, -0.2) is 0 Å². The van der Waals surface area contributed by atoms with Crippen molar-refractivity contribution in [3.05, 3.63) is 35.4 Å². The minimum Gasteiger partial charge on any atom is -0.465 e. The van der Waals surface area contributed by atoms with Gasteiger partial charge in [0, 0.05) is 11.3 Å². The molecule has 0 radical (unpaired) electrons. The first kappa shape index (κ1) is 16.0. The Bertz CT molecular complexity index is 409. The number of rotatable bonds is 6. The van der Waals surface area contributed by atoms with E-state index in [9.17, 15) is 4.79 Å². The number of ether oxygens (including phenoxy) is 1. The minimum atomic E-state index is -0.239. The summed E-state index contributed by atoms with van der Waals surface area (Å²) < 4.78 is 5.35. The highest BCUT2D eigenvalue weighted by Crippen LogP contribution is 2.21. The SMILES string of the molecule is CCc1ccc(C(C)C(=O)OCC(C)(C)CCl)cc1. The fourth-order valence-electron chi connectivity index (χ4n) is 1.61. The molecule has 0 aliphatic rings. The van der Waals surface area contributed by atoms with Gasteiger partial charge in [-0.1, -0.05) is 45.0 Å². The van der Waals surface area contributed by atoms with Gasteiger partial charge >= 0.3 is 5.97 Å². The average molecular weight is 283 g/mol. The lowest BCUT2D eigenvalue weighted by molar-refractivity contribution is -0.147. The van der Waals surface area contributed by atoms with Gasteiger partial charge in [-0.15, -0.1) is 11.6 Å². The third kappa shape index (κ3) is 4.87. The maximum atomic E-state index is 12.0. The molecule has 1 unspecified atom stereocenters. The van der Waals surface area contributed by atoms with Crippen LogP contribution in [-0.2, 0) is 16.0 Å². The van der Waals surface area contributed by atoms with Crippen LogP contribution in [0.15, 0.2) is 24.3 Å². The number of esters is 1. The lowest BCUT2D eigenvalue weighted by atomic mass is 9.97. The molecule has 1 aromatic carbocycles. The lowest BCUT2D eigenvalue weighted by Gasteiger charge is -2.22. The van der Waals surface area contributed by atoms with Crippen molar-refractivity contribution in [3.63, 3.8) is 0 Å². The van der Waals surface area contributed by atoms with Crippen LogP contribution in [0.3, 0.4) is 0 Å². The van der Waals surface area contributed by atoms with E-state index in [2.05, 4.69) is 19.1 Å². The normalized spacial score (nSPS) is 13.1. The number of benzene rings is 1. The van der Waals surface area contributed by atoms with Crippen molar-refractivity contribution in [3.8, 4) is 0 Å². The second kappa shape index (κ2) is 6.95. The highest BCUT2D eigenvalue weighted by atomic mass is 35.5. The molecule has 0 saturated carbocycles. The molecule has 1 aromatic rings. The van der Waals surface area contributed by atoms with Crippen molar-refractivity contribution < 1.29 is 9.53 Å². The largest absolute Gasteiger partial charge is 0.465 e. The van der Waals surface area contributed by atoms with E-state index in [0.717, 1.165) is 12.0 Å². The van der Waals surface area contributed by atoms with Gasteiger partial charge in [0.15, 0.2) is 0 Å². The standard InChI is InChI=1S/C16H23ClO2/c1-5-13-6-8-14(9-7-13)12(2)15(18)19-11-16(3,4)10-17/h6-9,12H,5,10-11H2,1-4H3. The van der Waals surface area contributed by atoms with Crippen LogP contribution in [0.25, 0.3) is 0 Å². The van der Waals surface area contributed by atoms with Gasteiger partial charge in [-0.3, -0.25) is 4.79 Å². The van der Waals surface area contributed by atoms with E-state index in [-0.39, 0.29) is 17.3 Å². The van der Waals surface area contributed by atoms with Crippen molar-refractivity contribution in [2.75, 3.05) is 12.5 Å². The summed E-state index contributed by atoms with van der Waals surface area (Å²) in [5.41, 5.74) is 2.08. The Morgan fingerprint density at radius 3 is 2.37 bits per heavy atom. The summed E-state index contributed by atoms with van der Waals surface area (Å²) in [6, 6.07) is 8.11. The second-order valence-corrected chi connectivity index (χ2v) is 5.99. The Morgan fingerprint density at radius 1 is 1.32 bits per heavy atom. The van der Waals surface area contributed by atoms with Crippen LogP contribution >= 0.6 is 11.6 Å². The van der Waals surface area contributed by atoms with Crippen LogP contribution < -0.4 is 0 Å². The zero-order chi connectivity index (χ0) is 14.5. The third-order valence-corrected chi connectivity index (χ3v) is 3.93. The molecule has 0 bridgehead atoms. The van der Waals surface area contributed by atoms with Crippen LogP contribution in [0.4, 0.5) is 0 Å². The molecule has 0 spiro atoms. The molecule has 0 heterocycles. The van der Waals surface area contributed by atoms with Crippen molar-refractivity contribution >= 4 is 17.6 Å². The van der Waals surface area contributed by atoms with Gasteiger partial charge in [0.2, 0.25) is 0 Å². The molecule has 19 heavy (non-hydrogen) atoms. The van der Waals surface area contributed by atoms with Gasteiger partial charge in [0.05, 0.1) is 12.5 Å². The summed E-state index contributed by atoms with van der Waals surface area (Å²) in [7, 11) is 0. The fourth-order valence-corrected chi connectivity index (χ4v) is 1.69. The molecule has 106 valence electrons. The Morgan fingerprint density at radius 2 is 1.89 bits per heavy atom. The smallest absolute Gasteiger partial charge is 0.313 e. The van der Waals surface area contributed by atoms with Gasteiger partial charge < -0.3 is 4.74 Å². The molecule has 3 heteroatoms. The van der Waals surface area contributed by atoms with Crippen LogP contribution in [0.1, 0.15) is 44.7 Å². The molecule has 0 aliphatic carbocycles. The topological polar surface area (TPSA) is 26.3 Å². The molecule has 0 amide bonds. The number of hydrogen-bond acceptors (Lipinski definition) is 2. The Labute approximate surface area is 121 Å². The Balaban J connectivity index is 2.61. The highest BCUT2D eigenvalue weighted by Gasteiger charge is 2.22. The summed E-state index contributed by atoms with van der Waals surface area (Å²) in [4.78, 5) is 12.0. The Hall–Kier alpha value is -1.02. The number of aryl methyl sites for hydroxylation is 1. The minimum absolute atomic E-state index is 0.178. The molecule has 0 aliphatic heterocycles. The van der Waals surface area contributed by atoms with Crippen LogP contribution in [-0.4, -0.2) is 18.5 Å². The number of hydrogen-bond donors (Lipinski definition) is 0. The molecule has 2 nitrogen and oxygen atoms in total. The summed E-state index contributed by atoms with van der Waals surface area (Å²) >= 11 is 5.82. The predicted molar refractivity (Wildman–Crippen MR) is 79.7 cm³/mol. The van der Waals surface area contributed by atoms with Gasteiger partial charge in [0.1, 0.15) is 0 Å². The molecular weight excluding hydrogens is 260 g/mol. The zero-order valence-electron chi connectivity index (χ0n) is 12.2. The van der Waals surface area contributed by atoms with Gasteiger partial charge in [-0.05, 0) is 24.5 Å². The van der Waals surface area contributed by atoms with Crippen molar-refractivity contribution in [1.82, 2.24) is 0 Å². The van der Waals surface area contributed by atoms with E-state index in [1.807, 2.05) is 32.9 Å². The second-order valence-electron chi connectivity index (χ2n) is 5.72. The fraction of sp³-hybridized carbons (Fsp3) is 0.562. The first-order valence-corrected chi connectivity index (χ1v) is 7.24. The van der Waals surface area contributed by atoms with Crippen molar-refractivity contribution in [2.45, 2.75) is 40.0 Å². The maximum absolute atomic E-state index is 12.0. The van der Waals surface area contributed by atoms with Gasteiger partial charge in [-0.2, -0.15) is 0 Å².